The van der Waals surface area contributed by atoms with Crippen LogP contribution in [0.4, 0.5) is 0 Å². The smallest absolute Gasteiger partial charge is 0.313 e. The van der Waals surface area contributed by atoms with Gasteiger partial charge in [-0.15, -0.1) is 21.5 Å². The van der Waals surface area contributed by atoms with Gasteiger partial charge in [0.25, 0.3) is 0 Å². The predicted octanol–water partition coefficient (Wildman–Crippen LogP) is 2.76. The Bertz CT molecular complexity index is 534. The molecule has 2 heterocycles. The van der Waals surface area contributed by atoms with E-state index in [0.29, 0.717) is 5.16 Å². The Morgan fingerprint density at radius 2 is 2.33 bits per heavy atom. The third-order valence-electron chi connectivity index (χ3n) is 2.25. The van der Waals surface area contributed by atoms with E-state index < -0.39 is 5.97 Å². The zero-order valence-corrected chi connectivity index (χ0v) is 11.7. The van der Waals surface area contributed by atoms with Gasteiger partial charge in [0.15, 0.2) is 11.0 Å². The number of nitrogens with zero attached hydrogens (tertiary/aromatic N) is 3. The molecule has 0 radical (unpaired) electrons. The molecule has 7 heteroatoms. The van der Waals surface area contributed by atoms with Crippen LogP contribution in [0, 0.1) is 0 Å². The summed E-state index contributed by atoms with van der Waals surface area (Å²) in [6, 6.07) is 4.14. The van der Waals surface area contributed by atoms with Gasteiger partial charge in [0.05, 0.1) is 10.6 Å². The van der Waals surface area contributed by atoms with Crippen LogP contribution in [0.3, 0.4) is 0 Å². The quantitative estimate of drug-likeness (QED) is 0.855. The number of thioether (sulfide) groups is 1. The molecule has 0 aliphatic rings. The van der Waals surface area contributed by atoms with Crippen molar-refractivity contribution in [1.82, 2.24) is 14.8 Å². The number of rotatable bonds is 5. The third kappa shape index (κ3) is 2.73. The van der Waals surface area contributed by atoms with E-state index in [0.717, 1.165) is 10.7 Å². The first-order valence-corrected chi connectivity index (χ1v) is 7.29. The highest BCUT2D eigenvalue weighted by molar-refractivity contribution is 7.99. The fourth-order valence-corrected chi connectivity index (χ4v) is 3.03. The minimum atomic E-state index is -0.851. The zero-order chi connectivity index (χ0) is 13.1. The van der Waals surface area contributed by atoms with Crippen molar-refractivity contribution >= 4 is 29.1 Å². The summed E-state index contributed by atoms with van der Waals surface area (Å²) in [5.41, 5.74) is 0. The number of aliphatic carboxylic acids is 1. The lowest BCUT2D eigenvalue weighted by Crippen LogP contribution is -2.06. The maximum atomic E-state index is 10.6. The summed E-state index contributed by atoms with van der Waals surface area (Å²) in [7, 11) is 0. The Kier molecular flexibility index (Phi) is 4.03. The first-order valence-electron chi connectivity index (χ1n) is 5.43. The molecule has 0 unspecified atom stereocenters. The Labute approximate surface area is 113 Å². The van der Waals surface area contributed by atoms with Crippen molar-refractivity contribution in [3.8, 4) is 10.7 Å². The van der Waals surface area contributed by atoms with Gasteiger partial charge in [-0.05, 0) is 25.3 Å². The van der Waals surface area contributed by atoms with E-state index in [1.165, 1.54) is 11.8 Å². The molecule has 0 aliphatic carbocycles. The predicted molar refractivity (Wildman–Crippen MR) is 72.1 cm³/mol. The molecule has 1 N–H and O–H groups in total. The number of carboxylic acid groups (broad SMARTS) is 1. The van der Waals surface area contributed by atoms with Crippen molar-refractivity contribution < 1.29 is 9.90 Å². The lowest BCUT2D eigenvalue weighted by molar-refractivity contribution is -0.133. The summed E-state index contributed by atoms with van der Waals surface area (Å²) in [5, 5.41) is 19.6. The number of aromatic nitrogens is 3. The topological polar surface area (TPSA) is 68.0 Å². The summed E-state index contributed by atoms with van der Waals surface area (Å²) in [6.45, 7) is 4.07. The monoisotopic (exact) mass is 283 g/mol. The average molecular weight is 283 g/mol. The minimum Gasteiger partial charge on any atom is -0.481 e. The Morgan fingerprint density at radius 1 is 1.56 bits per heavy atom. The fraction of sp³-hybridized carbons (Fsp3) is 0.364. The van der Waals surface area contributed by atoms with Crippen molar-refractivity contribution in [2.45, 2.75) is 25.0 Å². The van der Waals surface area contributed by atoms with Crippen LogP contribution in [0.15, 0.2) is 22.7 Å². The lowest BCUT2D eigenvalue weighted by atomic mass is 10.3. The van der Waals surface area contributed by atoms with E-state index in [4.69, 9.17) is 5.11 Å². The number of hydrogen-bond acceptors (Lipinski definition) is 5. The van der Waals surface area contributed by atoms with Gasteiger partial charge in [-0.1, -0.05) is 17.8 Å². The summed E-state index contributed by atoms with van der Waals surface area (Å²) >= 11 is 2.79. The molecular formula is C11H13N3O2S2. The molecule has 2 aromatic rings. The van der Waals surface area contributed by atoms with Crippen molar-refractivity contribution in [2.75, 3.05) is 5.75 Å². The normalized spacial score (nSPS) is 11.1. The van der Waals surface area contributed by atoms with Gasteiger partial charge >= 0.3 is 5.97 Å². The maximum absolute atomic E-state index is 10.6. The van der Waals surface area contributed by atoms with Crippen LogP contribution in [0.25, 0.3) is 10.7 Å². The van der Waals surface area contributed by atoms with Crippen LogP contribution in [0.5, 0.6) is 0 Å². The number of carbonyl (C=O) groups is 1. The maximum Gasteiger partial charge on any atom is 0.313 e. The molecule has 0 spiro atoms. The number of hydrogen-bond donors (Lipinski definition) is 1. The third-order valence-corrected chi connectivity index (χ3v) is 4.04. The molecule has 18 heavy (non-hydrogen) atoms. The molecule has 0 atom stereocenters. The van der Waals surface area contributed by atoms with Gasteiger partial charge in [-0.25, -0.2) is 0 Å². The van der Waals surface area contributed by atoms with E-state index in [-0.39, 0.29) is 11.8 Å². The van der Waals surface area contributed by atoms with Gasteiger partial charge in [-0.3, -0.25) is 9.36 Å². The molecule has 0 aromatic carbocycles. The SMILES string of the molecule is CC(C)n1c(SCC(=O)O)nnc1-c1cccs1. The molecule has 0 bridgehead atoms. The molecule has 5 nitrogen and oxygen atoms in total. The van der Waals surface area contributed by atoms with Crippen LogP contribution >= 0.6 is 23.1 Å². The number of thiophene rings is 1. The largest absolute Gasteiger partial charge is 0.481 e. The molecule has 0 amide bonds. The van der Waals surface area contributed by atoms with Gasteiger partial charge in [0, 0.05) is 6.04 Å². The van der Waals surface area contributed by atoms with Gasteiger partial charge in [0.1, 0.15) is 0 Å². The summed E-state index contributed by atoms with van der Waals surface area (Å²) in [4.78, 5) is 11.7. The van der Waals surface area contributed by atoms with Crippen LogP contribution in [-0.2, 0) is 4.79 Å². The zero-order valence-electron chi connectivity index (χ0n) is 10.0. The molecule has 0 fully saturated rings. The van der Waals surface area contributed by atoms with Crippen LogP contribution < -0.4 is 0 Å². The molecule has 0 aliphatic heterocycles. The molecular weight excluding hydrogens is 270 g/mol. The first-order chi connectivity index (χ1) is 8.59. The van der Waals surface area contributed by atoms with Gasteiger partial charge < -0.3 is 5.11 Å². The summed E-state index contributed by atoms with van der Waals surface area (Å²) in [5.74, 6) is -0.0566. The van der Waals surface area contributed by atoms with Crippen molar-refractivity contribution in [3.05, 3.63) is 17.5 Å². The second kappa shape index (κ2) is 5.53. The Balaban J connectivity index is 2.34. The van der Waals surface area contributed by atoms with Gasteiger partial charge in [-0.2, -0.15) is 0 Å². The van der Waals surface area contributed by atoms with Crippen LogP contribution in [0.2, 0.25) is 0 Å². The van der Waals surface area contributed by atoms with Crippen molar-refractivity contribution in [1.29, 1.82) is 0 Å². The minimum absolute atomic E-state index is 0.00467. The highest BCUT2D eigenvalue weighted by Gasteiger charge is 2.17. The molecule has 0 saturated heterocycles. The second-order valence-electron chi connectivity index (χ2n) is 3.93. The second-order valence-corrected chi connectivity index (χ2v) is 5.82. The molecule has 2 rings (SSSR count). The average Bonchev–Trinajstić information content (AvgIpc) is 2.94. The Morgan fingerprint density at radius 3 is 2.89 bits per heavy atom. The van der Waals surface area contributed by atoms with Crippen LogP contribution in [-0.4, -0.2) is 31.6 Å². The highest BCUT2D eigenvalue weighted by Crippen LogP contribution is 2.29. The van der Waals surface area contributed by atoms with E-state index in [1.807, 2.05) is 35.9 Å². The molecule has 96 valence electrons. The highest BCUT2D eigenvalue weighted by atomic mass is 32.2. The van der Waals surface area contributed by atoms with Crippen molar-refractivity contribution in [2.24, 2.45) is 0 Å². The molecule has 2 aromatic heterocycles. The lowest BCUT2D eigenvalue weighted by Gasteiger charge is -2.12. The summed E-state index contributed by atoms with van der Waals surface area (Å²) in [6.07, 6.45) is 0. The van der Waals surface area contributed by atoms with E-state index >= 15 is 0 Å². The standard InChI is InChI=1S/C11H13N3O2S2/c1-7(2)14-10(8-4-3-5-17-8)12-13-11(14)18-6-9(15)16/h3-5,7H,6H2,1-2H3,(H,15,16). The van der Waals surface area contributed by atoms with E-state index in [1.54, 1.807) is 11.3 Å². The summed E-state index contributed by atoms with van der Waals surface area (Å²) < 4.78 is 1.97. The van der Waals surface area contributed by atoms with E-state index in [2.05, 4.69) is 10.2 Å². The van der Waals surface area contributed by atoms with Crippen molar-refractivity contribution in [3.63, 3.8) is 0 Å². The van der Waals surface area contributed by atoms with E-state index in [9.17, 15) is 4.79 Å². The fourth-order valence-electron chi connectivity index (χ4n) is 1.54. The van der Waals surface area contributed by atoms with Gasteiger partial charge in [0.2, 0.25) is 0 Å². The Hall–Kier alpha value is -1.34. The van der Waals surface area contributed by atoms with Crippen LogP contribution in [0.1, 0.15) is 19.9 Å². The first kappa shape index (κ1) is 13.1. The molecule has 0 saturated carbocycles. The number of carboxylic acids is 1.